The van der Waals surface area contributed by atoms with Gasteiger partial charge in [-0.3, -0.25) is 4.98 Å². The van der Waals surface area contributed by atoms with E-state index in [9.17, 15) is 0 Å². The van der Waals surface area contributed by atoms with Crippen LogP contribution in [0.25, 0.3) is 0 Å². The molecule has 0 bridgehead atoms. The van der Waals surface area contributed by atoms with Crippen molar-refractivity contribution in [3.8, 4) is 0 Å². The van der Waals surface area contributed by atoms with Gasteiger partial charge in [0.2, 0.25) is 0 Å². The van der Waals surface area contributed by atoms with E-state index in [1.807, 2.05) is 24.3 Å². The van der Waals surface area contributed by atoms with Gasteiger partial charge in [-0.25, -0.2) is 9.98 Å². The molecule has 0 saturated carbocycles. The Morgan fingerprint density at radius 1 is 1.13 bits per heavy atom. The van der Waals surface area contributed by atoms with Gasteiger partial charge in [-0.05, 0) is 24.3 Å². The Morgan fingerprint density at radius 2 is 2.07 bits per heavy atom. The lowest BCUT2D eigenvalue weighted by molar-refractivity contribution is 1.27. The first-order valence-electron chi connectivity index (χ1n) is 4.52. The Hall–Kier alpha value is -2.23. The zero-order chi connectivity index (χ0) is 10.5. The molecule has 0 fully saturated rings. The maximum absolute atomic E-state index is 5.53. The number of nitrogens with zero attached hydrogens (tertiary/aromatic N) is 3. The second-order valence-corrected chi connectivity index (χ2v) is 2.93. The van der Waals surface area contributed by atoms with E-state index in [4.69, 9.17) is 5.73 Å². The fraction of sp³-hybridized carbons (Fsp3) is 0. The van der Waals surface area contributed by atoms with Crippen molar-refractivity contribution < 1.29 is 0 Å². The fourth-order valence-corrected chi connectivity index (χ4v) is 1.10. The zero-order valence-electron chi connectivity index (χ0n) is 8.04. The Bertz CT molecular complexity index is 465. The van der Waals surface area contributed by atoms with E-state index in [1.165, 1.54) is 0 Å². The van der Waals surface area contributed by atoms with E-state index >= 15 is 0 Å². The minimum absolute atomic E-state index is 0.464. The van der Waals surface area contributed by atoms with Crippen molar-refractivity contribution in [2.24, 2.45) is 4.99 Å². The SMILES string of the molecule is Nc1cccc(/N=C/c2ccccn2)n1. The zero-order valence-corrected chi connectivity index (χ0v) is 8.04. The average Bonchev–Trinajstić information content (AvgIpc) is 2.28. The fourth-order valence-electron chi connectivity index (χ4n) is 1.10. The van der Waals surface area contributed by atoms with Gasteiger partial charge in [-0.2, -0.15) is 0 Å². The molecule has 2 N–H and O–H groups in total. The van der Waals surface area contributed by atoms with Gasteiger partial charge < -0.3 is 5.73 Å². The topological polar surface area (TPSA) is 64.2 Å². The van der Waals surface area contributed by atoms with Crippen LogP contribution in [0.4, 0.5) is 11.6 Å². The summed E-state index contributed by atoms with van der Waals surface area (Å²) in [6.45, 7) is 0. The van der Waals surface area contributed by atoms with Gasteiger partial charge in [0.25, 0.3) is 0 Å². The molecular formula is C11H10N4. The van der Waals surface area contributed by atoms with Gasteiger partial charge in [-0.1, -0.05) is 12.1 Å². The predicted octanol–water partition coefficient (Wildman–Crippen LogP) is 1.81. The number of aliphatic imine (C=N–C) groups is 1. The van der Waals surface area contributed by atoms with Crippen LogP contribution in [0.15, 0.2) is 47.6 Å². The molecule has 0 aromatic carbocycles. The number of hydrogen-bond acceptors (Lipinski definition) is 4. The summed E-state index contributed by atoms with van der Waals surface area (Å²) >= 11 is 0. The summed E-state index contributed by atoms with van der Waals surface area (Å²) < 4.78 is 0. The molecule has 0 aliphatic rings. The third kappa shape index (κ3) is 2.60. The van der Waals surface area contributed by atoms with Crippen molar-refractivity contribution in [3.05, 3.63) is 48.3 Å². The number of aromatic nitrogens is 2. The Balaban J connectivity index is 2.19. The van der Waals surface area contributed by atoms with Gasteiger partial charge in [-0.15, -0.1) is 0 Å². The van der Waals surface area contributed by atoms with Crippen molar-refractivity contribution in [2.45, 2.75) is 0 Å². The standard InChI is InChI=1S/C11H10N4/c12-10-5-3-6-11(15-10)14-8-9-4-1-2-7-13-9/h1-8H,(H2,12,15)/b14-8+. The van der Waals surface area contributed by atoms with Gasteiger partial charge in [0.05, 0.1) is 11.9 Å². The highest BCUT2D eigenvalue weighted by atomic mass is 14.9. The summed E-state index contributed by atoms with van der Waals surface area (Å²) in [5.74, 6) is 1.05. The minimum atomic E-state index is 0.464. The largest absolute Gasteiger partial charge is 0.384 e. The molecule has 0 amide bonds. The van der Waals surface area contributed by atoms with Crippen molar-refractivity contribution >= 4 is 17.9 Å². The van der Waals surface area contributed by atoms with E-state index in [-0.39, 0.29) is 0 Å². The molecule has 2 aromatic rings. The monoisotopic (exact) mass is 198 g/mol. The third-order valence-electron chi connectivity index (χ3n) is 1.77. The summed E-state index contributed by atoms with van der Waals surface area (Å²) in [4.78, 5) is 12.3. The smallest absolute Gasteiger partial charge is 0.154 e. The minimum Gasteiger partial charge on any atom is -0.384 e. The molecule has 2 heterocycles. The molecule has 74 valence electrons. The molecule has 4 nitrogen and oxygen atoms in total. The maximum Gasteiger partial charge on any atom is 0.154 e. The van der Waals surface area contributed by atoms with Crippen LogP contribution in [-0.2, 0) is 0 Å². The second kappa shape index (κ2) is 4.32. The molecular weight excluding hydrogens is 188 g/mol. The number of nitrogen functional groups attached to an aromatic ring is 1. The predicted molar refractivity (Wildman–Crippen MR) is 60.1 cm³/mol. The molecule has 0 spiro atoms. The van der Waals surface area contributed by atoms with E-state index in [2.05, 4.69) is 15.0 Å². The molecule has 2 rings (SSSR count). The maximum atomic E-state index is 5.53. The molecule has 0 radical (unpaired) electrons. The van der Waals surface area contributed by atoms with Crippen LogP contribution in [0.3, 0.4) is 0 Å². The summed E-state index contributed by atoms with van der Waals surface area (Å²) in [5.41, 5.74) is 6.32. The van der Waals surface area contributed by atoms with E-state index in [0.29, 0.717) is 11.6 Å². The van der Waals surface area contributed by atoms with Crippen LogP contribution in [-0.4, -0.2) is 16.2 Å². The summed E-state index contributed by atoms with van der Waals surface area (Å²) in [6, 6.07) is 11.0. The molecule has 0 aliphatic carbocycles. The van der Waals surface area contributed by atoms with Crippen LogP contribution in [0, 0.1) is 0 Å². The van der Waals surface area contributed by atoms with E-state index in [1.54, 1.807) is 24.5 Å². The Morgan fingerprint density at radius 3 is 2.80 bits per heavy atom. The van der Waals surface area contributed by atoms with Gasteiger partial charge >= 0.3 is 0 Å². The second-order valence-electron chi connectivity index (χ2n) is 2.93. The first-order valence-corrected chi connectivity index (χ1v) is 4.52. The number of nitrogens with two attached hydrogens (primary N) is 1. The molecule has 0 aliphatic heterocycles. The lowest BCUT2D eigenvalue weighted by Gasteiger charge is -1.94. The van der Waals surface area contributed by atoms with Crippen molar-refractivity contribution in [3.63, 3.8) is 0 Å². The molecule has 0 saturated heterocycles. The summed E-state index contributed by atoms with van der Waals surface area (Å²) in [5, 5.41) is 0. The quantitative estimate of drug-likeness (QED) is 0.748. The first kappa shape index (κ1) is 9.33. The molecule has 2 aromatic heterocycles. The number of hydrogen-bond donors (Lipinski definition) is 1. The van der Waals surface area contributed by atoms with Crippen molar-refractivity contribution in [1.82, 2.24) is 9.97 Å². The lowest BCUT2D eigenvalue weighted by atomic mass is 10.4. The molecule has 0 atom stereocenters. The number of pyridine rings is 2. The van der Waals surface area contributed by atoms with E-state index < -0.39 is 0 Å². The van der Waals surface area contributed by atoms with Crippen LogP contribution >= 0.6 is 0 Å². The average molecular weight is 198 g/mol. The molecule has 0 unspecified atom stereocenters. The third-order valence-corrected chi connectivity index (χ3v) is 1.77. The van der Waals surface area contributed by atoms with Gasteiger partial charge in [0.1, 0.15) is 5.82 Å². The van der Waals surface area contributed by atoms with Crippen LogP contribution in [0.2, 0.25) is 0 Å². The highest BCUT2D eigenvalue weighted by Crippen LogP contribution is 2.09. The van der Waals surface area contributed by atoms with E-state index in [0.717, 1.165) is 5.69 Å². The van der Waals surface area contributed by atoms with Gasteiger partial charge in [0.15, 0.2) is 5.82 Å². The highest BCUT2D eigenvalue weighted by molar-refractivity contribution is 5.78. The van der Waals surface area contributed by atoms with Gasteiger partial charge in [0, 0.05) is 6.20 Å². The lowest BCUT2D eigenvalue weighted by Crippen LogP contribution is -1.89. The summed E-state index contributed by atoms with van der Waals surface area (Å²) in [6.07, 6.45) is 3.37. The van der Waals surface area contributed by atoms with Crippen molar-refractivity contribution in [2.75, 3.05) is 5.73 Å². The Labute approximate surface area is 87.5 Å². The van der Waals surface area contributed by atoms with Crippen molar-refractivity contribution in [1.29, 1.82) is 0 Å². The van der Waals surface area contributed by atoms with Crippen LogP contribution < -0.4 is 5.73 Å². The van der Waals surface area contributed by atoms with Crippen LogP contribution in [0.1, 0.15) is 5.69 Å². The normalized spacial score (nSPS) is 10.7. The Kier molecular flexibility index (Phi) is 2.69. The highest BCUT2D eigenvalue weighted by Gasteiger charge is 1.91. The number of anilines is 1. The number of rotatable bonds is 2. The van der Waals surface area contributed by atoms with Crippen LogP contribution in [0.5, 0.6) is 0 Å². The summed E-state index contributed by atoms with van der Waals surface area (Å²) in [7, 11) is 0. The molecule has 4 heteroatoms. The first-order chi connectivity index (χ1) is 7.34. The molecule has 15 heavy (non-hydrogen) atoms.